The Morgan fingerprint density at radius 2 is 2.20 bits per heavy atom. The van der Waals surface area contributed by atoms with E-state index in [1.54, 1.807) is 0 Å². The van der Waals surface area contributed by atoms with Crippen LogP contribution in [0.25, 0.3) is 0 Å². The lowest BCUT2D eigenvalue weighted by Gasteiger charge is -2.10. The molecule has 2 unspecified atom stereocenters. The number of carboxylic acid groups (broad SMARTS) is 1. The van der Waals surface area contributed by atoms with Crippen LogP contribution in [0.5, 0.6) is 0 Å². The third-order valence-electron chi connectivity index (χ3n) is 3.36. The quantitative estimate of drug-likeness (QED) is 0.779. The first-order chi connectivity index (χ1) is 9.51. The molecule has 2 atom stereocenters. The first-order valence-corrected chi connectivity index (χ1v) is 6.99. The average molecular weight is 297 g/mol. The van der Waals surface area contributed by atoms with E-state index in [-0.39, 0.29) is 17.3 Å². The maximum atomic E-state index is 11.8. The first-order valence-electron chi connectivity index (χ1n) is 6.61. The third-order valence-corrected chi connectivity index (χ3v) is 3.59. The van der Waals surface area contributed by atoms with Crippen molar-refractivity contribution in [1.82, 2.24) is 5.32 Å². The van der Waals surface area contributed by atoms with E-state index in [0.29, 0.717) is 10.9 Å². The number of hydrogen-bond donors (Lipinski definition) is 3. The second kappa shape index (κ2) is 6.13. The molecule has 1 aliphatic rings. The molecule has 5 nitrogen and oxygen atoms in total. The van der Waals surface area contributed by atoms with Crippen LogP contribution in [0.4, 0.5) is 10.5 Å². The van der Waals surface area contributed by atoms with E-state index in [4.69, 9.17) is 16.7 Å². The molecule has 1 aromatic rings. The van der Waals surface area contributed by atoms with Crippen molar-refractivity contribution >= 4 is 29.3 Å². The summed E-state index contributed by atoms with van der Waals surface area (Å²) < 4.78 is 0. The molecule has 1 saturated carbocycles. The minimum absolute atomic E-state index is 0.0189. The lowest BCUT2D eigenvalue weighted by Crippen LogP contribution is -2.32. The van der Waals surface area contributed by atoms with Gasteiger partial charge in [0.15, 0.2) is 0 Å². The summed E-state index contributed by atoms with van der Waals surface area (Å²) >= 11 is 5.82. The van der Waals surface area contributed by atoms with E-state index in [0.717, 1.165) is 19.3 Å². The summed E-state index contributed by atoms with van der Waals surface area (Å²) in [6.07, 6.45) is 3.19. The average Bonchev–Trinajstić information content (AvgIpc) is 3.07. The number of aromatic carboxylic acids is 1. The summed E-state index contributed by atoms with van der Waals surface area (Å²) in [7, 11) is 0. The molecule has 0 aromatic heterocycles. The first kappa shape index (κ1) is 14.7. The van der Waals surface area contributed by atoms with Crippen LogP contribution in [-0.4, -0.2) is 23.1 Å². The van der Waals surface area contributed by atoms with Crippen molar-refractivity contribution in [2.45, 2.75) is 32.2 Å². The Morgan fingerprint density at radius 3 is 2.85 bits per heavy atom. The highest BCUT2D eigenvalue weighted by Gasteiger charge is 2.37. The van der Waals surface area contributed by atoms with Gasteiger partial charge in [-0.05, 0) is 37.0 Å². The van der Waals surface area contributed by atoms with E-state index >= 15 is 0 Å². The van der Waals surface area contributed by atoms with Crippen LogP contribution in [0, 0.1) is 5.92 Å². The van der Waals surface area contributed by atoms with Crippen LogP contribution in [-0.2, 0) is 0 Å². The lowest BCUT2D eigenvalue weighted by atomic mass is 10.2. The highest BCUT2D eigenvalue weighted by Crippen LogP contribution is 2.34. The van der Waals surface area contributed by atoms with Gasteiger partial charge in [-0.2, -0.15) is 0 Å². The summed E-state index contributed by atoms with van der Waals surface area (Å²) in [6, 6.07) is 4.09. The van der Waals surface area contributed by atoms with Gasteiger partial charge in [-0.1, -0.05) is 24.9 Å². The van der Waals surface area contributed by atoms with Crippen LogP contribution in [0.2, 0.25) is 5.02 Å². The van der Waals surface area contributed by atoms with Gasteiger partial charge < -0.3 is 15.7 Å². The molecule has 1 fully saturated rings. The molecule has 0 bridgehead atoms. The number of hydrogen-bond acceptors (Lipinski definition) is 2. The molecule has 0 aliphatic heterocycles. The Bertz CT molecular complexity index is 533. The molecule has 6 heteroatoms. The number of carboxylic acids is 1. The molecule has 2 rings (SSSR count). The Kier molecular flexibility index (Phi) is 4.49. The summed E-state index contributed by atoms with van der Waals surface area (Å²) in [4.78, 5) is 22.9. The fourth-order valence-electron chi connectivity index (χ4n) is 2.25. The summed E-state index contributed by atoms with van der Waals surface area (Å²) in [6.45, 7) is 2.11. The normalized spacial score (nSPS) is 20.3. The van der Waals surface area contributed by atoms with Gasteiger partial charge in [-0.3, -0.25) is 0 Å². The largest absolute Gasteiger partial charge is 0.478 e. The molecule has 2 amide bonds. The zero-order valence-electron chi connectivity index (χ0n) is 11.1. The number of rotatable bonds is 5. The van der Waals surface area contributed by atoms with Crippen LogP contribution in [0.1, 0.15) is 36.5 Å². The van der Waals surface area contributed by atoms with Crippen molar-refractivity contribution in [3.8, 4) is 0 Å². The molecule has 0 radical (unpaired) electrons. The van der Waals surface area contributed by atoms with Gasteiger partial charge in [-0.15, -0.1) is 0 Å². The topological polar surface area (TPSA) is 78.4 Å². The molecule has 0 saturated heterocycles. The predicted molar refractivity (Wildman–Crippen MR) is 77.4 cm³/mol. The van der Waals surface area contributed by atoms with Crippen molar-refractivity contribution in [3.05, 3.63) is 28.8 Å². The van der Waals surface area contributed by atoms with E-state index in [1.807, 2.05) is 0 Å². The predicted octanol–water partition coefficient (Wildman–Crippen LogP) is 3.35. The second-order valence-corrected chi connectivity index (χ2v) is 5.42. The zero-order chi connectivity index (χ0) is 14.7. The number of carbonyl (C=O) groups is 2. The lowest BCUT2D eigenvalue weighted by molar-refractivity contribution is 0.0698. The van der Waals surface area contributed by atoms with Gasteiger partial charge in [0.05, 0.1) is 11.3 Å². The SMILES string of the molecule is CCCC1CC1NC(=O)Nc1cc(Cl)ccc1C(=O)O. The zero-order valence-corrected chi connectivity index (χ0v) is 11.9. The third kappa shape index (κ3) is 3.63. The van der Waals surface area contributed by atoms with Crippen molar-refractivity contribution < 1.29 is 14.7 Å². The number of amides is 2. The monoisotopic (exact) mass is 296 g/mol. The minimum atomic E-state index is -1.10. The molecule has 1 aromatic carbocycles. The molecule has 0 heterocycles. The van der Waals surface area contributed by atoms with Gasteiger partial charge in [0.1, 0.15) is 0 Å². The van der Waals surface area contributed by atoms with Gasteiger partial charge >= 0.3 is 12.0 Å². The van der Waals surface area contributed by atoms with Crippen LogP contribution >= 0.6 is 11.6 Å². The van der Waals surface area contributed by atoms with Crippen molar-refractivity contribution in [2.24, 2.45) is 5.92 Å². The fourth-order valence-corrected chi connectivity index (χ4v) is 2.42. The molecule has 1 aliphatic carbocycles. The van der Waals surface area contributed by atoms with Crippen LogP contribution < -0.4 is 10.6 Å². The fraction of sp³-hybridized carbons (Fsp3) is 0.429. The van der Waals surface area contributed by atoms with Gasteiger partial charge in [-0.25, -0.2) is 9.59 Å². The molecule has 3 N–H and O–H groups in total. The van der Waals surface area contributed by atoms with E-state index in [2.05, 4.69) is 17.6 Å². The van der Waals surface area contributed by atoms with Crippen molar-refractivity contribution in [3.63, 3.8) is 0 Å². The number of urea groups is 1. The van der Waals surface area contributed by atoms with E-state index < -0.39 is 12.0 Å². The van der Waals surface area contributed by atoms with E-state index in [1.165, 1.54) is 18.2 Å². The molecular formula is C14H17ClN2O3. The maximum Gasteiger partial charge on any atom is 0.337 e. The Balaban J connectivity index is 1.97. The van der Waals surface area contributed by atoms with Crippen molar-refractivity contribution in [2.75, 3.05) is 5.32 Å². The Labute approximate surface area is 122 Å². The molecule has 108 valence electrons. The summed E-state index contributed by atoms with van der Waals surface area (Å²) in [5.74, 6) is -0.559. The van der Waals surface area contributed by atoms with Crippen molar-refractivity contribution in [1.29, 1.82) is 0 Å². The highest BCUT2D eigenvalue weighted by molar-refractivity contribution is 6.31. The number of nitrogens with one attached hydrogen (secondary N) is 2. The summed E-state index contributed by atoms with van der Waals surface area (Å²) in [5.41, 5.74) is 0.223. The smallest absolute Gasteiger partial charge is 0.337 e. The highest BCUT2D eigenvalue weighted by atomic mass is 35.5. The number of halogens is 1. The number of benzene rings is 1. The van der Waals surface area contributed by atoms with E-state index in [9.17, 15) is 9.59 Å². The standard InChI is InChI=1S/C14H17ClN2O3/c1-2-3-8-6-11(8)16-14(20)17-12-7-9(15)4-5-10(12)13(18)19/h4-5,7-8,11H,2-3,6H2,1H3,(H,18,19)(H2,16,17,20). The van der Waals surface area contributed by atoms with Crippen LogP contribution in [0.3, 0.4) is 0 Å². The Morgan fingerprint density at radius 1 is 1.45 bits per heavy atom. The molecular weight excluding hydrogens is 280 g/mol. The Hall–Kier alpha value is -1.75. The van der Waals surface area contributed by atoms with Gasteiger partial charge in [0.2, 0.25) is 0 Å². The maximum absolute atomic E-state index is 11.8. The van der Waals surface area contributed by atoms with Gasteiger partial charge in [0, 0.05) is 11.1 Å². The number of carbonyl (C=O) groups excluding carboxylic acids is 1. The summed E-state index contributed by atoms with van der Waals surface area (Å²) in [5, 5.41) is 14.8. The van der Waals surface area contributed by atoms with Crippen LogP contribution in [0.15, 0.2) is 18.2 Å². The number of anilines is 1. The molecule has 0 spiro atoms. The second-order valence-electron chi connectivity index (χ2n) is 4.98. The van der Waals surface area contributed by atoms with Gasteiger partial charge in [0.25, 0.3) is 0 Å². The minimum Gasteiger partial charge on any atom is -0.478 e. The molecule has 20 heavy (non-hydrogen) atoms.